The van der Waals surface area contributed by atoms with Crippen molar-refractivity contribution in [2.24, 2.45) is 11.8 Å². The van der Waals surface area contributed by atoms with E-state index in [-0.39, 0.29) is 36.3 Å². The van der Waals surface area contributed by atoms with Gasteiger partial charge in [-0.1, -0.05) is 26.0 Å². The van der Waals surface area contributed by atoms with Crippen LogP contribution in [0.2, 0.25) is 0 Å². The summed E-state index contributed by atoms with van der Waals surface area (Å²) in [6.45, 7) is 6.78. The second kappa shape index (κ2) is 10.9. The van der Waals surface area contributed by atoms with Gasteiger partial charge in [-0.25, -0.2) is 0 Å². The fourth-order valence-electron chi connectivity index (χ4n) is 4.85. The third kappa shape index (κ3) is 6.31. The number of amides is 2. The zero-order chi connectivity index (χ0) is 23.1. The first-order valence-corrected chi connectivity index (χ1v) is 11.8. The Bertz CT molecular complexity index is 798. The van der Waals surface area contributed by atoms with Crippen LogP contribution in [0.15, 0.2) is 24.3 Å². The first-order chi connectivity index (χ1) is 15.3. The van der Waals surface area contributed by atoms with E-state index in [0.29, 0.717) is 18.7 Å². The van der Waals surface area contributed by atoms with Gasteiger partial charge in [0, 0.05) is 30.7 Å². The summed E-state index contributed by atoms with van der Waals surface area (Å²) in [7, 11) is 1.33. The average Bonchev–Trinajstić information content (AvgIpc) is 2.80. The summed E-state index contributed by atoms with van der Waals surface area (Å²) < 4.78 is 4.57. The summed E-state index contributed by atoms with van der Waals surface area (Å²) in [6.07, 6.45) is 5.66. The molecule has 1 saturated heterocycles. The lowest BCUT2D eigenvalue weighted by atomic mass is 9.72. The van der Waals surface area contributed by atoms with Crippen LogP contribution < -0.4 is 10.6 Å². The predicted octanol–water partition coefficient (Wildman–Crippen LogP) is 2.54. The van der Waals surface area contributed by atoms with Crippen molar-refractivity contribution in [3.05, 3.63) is 35.4 Å². The van der Waals surface area contributed by atoms with Crippen molar-refractivity contribution in [2.75, 3.05) is 33.3 Å². The number of benzene rings is 1. The monoisotopic (exact) mass is 443 g/mol. The molecule has 7 nitrogen and oxygen atoms in total. The molecule has 7 heteroatoms. The van der Waals surface area contributed by atoms with Crippen LogP contribution in [0.4, 0.5) is 0 Å². The van der Waals surface area contributed by atoms with Gasteiger partial charge in [-0.15, -0.1) is 0 Å². The van der Waals surface area contributed by atoms with E-state index in [0.717, 1.165) is 43.2 Å². The number of carbonyl (C=O) groups excluding carboxylic acids is 3. The molecule has 1 aromatic rings. The number of nitrogens with zero attached hydrogens (tertiary/aromatic N) is 1. The molecular weight excluding hydrogens is 406 g/mol. The van der Waals surface area contributed by atoms with Gasteiger partial charge in [0.05, 0.1) is 20.1 Å². The number of nitrogens with one attached hydrogen (secondary N) is 2. The van der Waals surface area contributed by atoms with E-state index < -0.39 is 0 Å². The zero-order valence-corrected chi connectivity index (χ0v) is 19.6. The first-order valence-electron chi connectivity index (χ1n) is 11.8. The minimum Gasteiger partial charge on any atom is -0.469 e. The zero-order valence-electron chi connectivity index (χ0n) is 19.6. The largest absolute Gasteiger partial charge is 0.469 e. The van der Waals surface area contributed by atoms with E-state index in [9.17, 15) is 14.4 Å². The van der Waals surface area contributed by atoms with Crippen molar-refractivity contribution in [1.82, 2.24) is 15.5 Å². The molecule has 2 N–H and O–H groups in total. The SMILES string of the molecule is COC(=O)CCNC(=O)c1ccc(CCN2CC3(CCC(C(C)C)CC3)NCC2=O)cc1. The van der Waals surface area contributed by atoms with Crippen LogP contribution >= 0.6 is 0 Å². The van der Waals surface area contributed by atoms with Crippen molar-refractivity contribution in [3.63, 3.8) is 0 Å². The van der Waals surface area contributed by atoms with Gasteiger partial charge in [0.25, 0.3) is 5.91 Å². The van der Waals surface area contributed by atoms with E-state index in [1.54, 1.807) is 12.1 Å². The summed E-state index contributed by atoms with van der Waals surface area (Å²) in [6, 6.07) is 7.45. The molecule has 176 valence electrons. The quantitative estimate of drug-likeness (QED) is 0.603. The Balaban J connectivity index is 1.48. The van der Waals surface area contributed by atoms with Gasteiger partial charge in [-0.2, -0.15) is 0 Å². The maximum Gasteiger partial charge on any atom is 0.307 e. The van der Waals surface area contributed by atoms with Crippen molar-refractivity contribution < 1.29 is 19.1 Å². The van der Waals surface area contributed by atoms with Crippen LogP contribution in [0, 0.1) is 11.8 Å². The van der Waals surface area contributed by atoms with Gasteiger partial charge < -0.3 is 20.3 Å². The molecule has 1 heterocycles. The van der Waals surface area contributed by atoms with E-state index in [1.807, 2.05) is 17.0 Å². The summed E-state index contributed by atoms with van der Waals surface area (Å²) in [5.41, 5.74) is 1.73. The van der Waals surface area contributed by atoms with Gasteiger partial charge in [-0.05, 0) is 61.6 Å². The number of methoxy groups -OCH3 is 1. The van der Waals surface area contributed by atoms with Crippen molar-refractivity contribution in [1.29, 1.82) is 0 Å². The Kier molecular flexibility index (Phi) is 8.29. The highest BCUT2D eigenvalue weighted by Gasteiger charge is 2.41. The summed E-state index contributed by atoms with van der Waals surface area (Å²) in [5, 5.41) is 6.27. The second-order valence-electron chi connectivity index (χ2n) is 9.56. The Hall–Kier alpha value is -2.41. The molecule has 0 radical (unpaired) electrons. The minimum atomic E-state index is -0.349. The van der Waals surface area contributed by atoms with Gasteiger partial charge in [0.2, 0.25) is 5.91 Å². The smallest absolute Gasteiger partial charge is 0.307 e. The fourth-order valence-corrected chi connectivity index (χ4v) is 4.85. The molecule has 0 atom stereocenters. The lowest BCUT2D eigenvalue weighted by Gasteiger charge is -2.48. The number of hydrogen-bond donors (Lipinski definition) is 2. The Morgan fingerprint density at radius 2 is 1.91 bits per heavy atom. The van der Waals surface area contributed by atoms with E-state index in [4.69, 9.17) is 0 Å². The van der Waals surface area contributed by atoms with Crippen LogP contribution in [-0.4, -0.2) is 61.5 Å². The lowest BCUT2D eigenvalue weighted by molar-refractivity contribution is -0.140. The molecule has 0 aromatic heterocycles. The van der Waals surface area contributed by atoms with Gasteiger partial charge >= 0.3 is 5.97 Å². The summed E-state index contributed by atoms with van der Waals surface area (Å²) in [5.74, 6) is 1.13. The Morgan fingerprint density at radius 3 is 2.53 bits per heavy atom. The third-order valence-electron chi connectivity index (χ3n) is 7.12. The molecule has 2 fully saturated rings. The normalized spacial score (nSPS) is 23.4. The van der Waals surface area contributed by atoms with Crippen LogP contribution in [0.1, 0.15) is 61.9 Å². The average molecular weight is 444 g/mol. The molecule has 0 bridgehead atoms. The highest BCUT2D eigenvalue weighted by atomic mass is 16.5. The molecule has 1 aliphatic carbocycles. The van der Waals surface area contributed by atoms with Gasteiger partial charge in [0.15, 0.2) is 0 Å². The molecule has 1 spiro atoms. The first kappa shape index (κ1) is 24.2. The third-order valence-corrected chi connectivity index (χ3v) is 7.12. The maximum absolute atomic E-state index is 12.5. The molecule has 1 aliphatic heterocycles. The predicted molar refractivity (Wildman–Crippen MR) is 123 cm³/mol. The van der Waals surface area contributed by atoms with Crippen LogP contribution in [0.25, 0.3) is 0 Å². The van der Waals surface area contributed by atoms with Crippen molar-refractivity contribution in [2.45, 2.75) is 57.9 Å². The van der Waals surface area contributed by atoms with Gasteiger partial charge in [0.1, 0.15) is 0 Å². The van der Waals surface area contributed by atoms with Gasteiger partial charge in [-0.3, -0.25) is 14.4 Å². The Labute approximate surface area is 191 Å². The molecule has 32 heavy (non-hydrogen) atoms. The second-order valence-corrected chi connectivity index (χ2v) is 9.56. The van der Waals surface area contributed by atoms with Crippen LogP contribution in [0.5, 0.6) is 0 Å². The Morgan fingerprint density at radius 1 is 1.22 bits per heavy atom. The lowest BCUT2D eigenvalue weighted by Crippen LogP contribution is -2.64. The van der Waals surface area contributed by atoms with Crippen LogP contribution in [0.3, 0.4) is 0 Å². The topological polar surface area (TPSA) is 87.7 Å². The number of esters is 1. The number of piperazine rings is 1. The molecule has 3 rings (SSSR count). The fraction of sp³-hybridized carbons (Fsp3) is 0.640. The molecule has 0 unspecified atom stereocenters. The molecule has 2 aliphatic rings. The van der Waals surface area contributed by atoms with E-state index in [2.05, 4.69) is 29.2 Å². The van der Waals surface area contributed by atoms with Crippen LogP contribution in [-0.2, 0) is 20.7 Å². The van der Waals surface area contributed by atoms with E-state index >= 15 is 0 Å². The van der Waals surface area contributed by atoms with E-state index in [1.165, 1.54) is 20.0 Å². The molecule has 1 saturated carbocycles. The summed E-state index contributed by atoms with van der Waals surface area (Å²) >= 11 is 0. The molecule has 1 aromatic carbocycles. The number of rotatable bonds is 8. The van der Waals surface area contributed by atoms with Crippen molar-refractivity contribution >= 4 is 17.8 Å². The minimum absolute atomic E-state index is 0.0748. The van der Waals surface area contributed by atoms with Crippen molar-refractivity contribution in [3.8, 4) is 0 Å². The molecular formula is C25H37N3O4. The summed E-state index contributed by atoms with van der Waals surface area (Å²) in [4.78, 5) is 37.8. The standard InChI is InChI=1S/C25H37N3O4/c1-18(2)20-8-12-25(13-9-20)17-28(22(29)16-27-25)15-11-19-4-6-21(7-5-19)24(31)26-14-10-23(30)32-3/h4-7,18,20,27H,8-17H2,1-3H3,(H,26,31). The highest BCUT2D eigenvalue weighted by Crippen LogP contribution is 2.37. The molecule has 2 amide bonds. The highest BCUT2D eigenvalue weighted by molar-refractivity contribution is 5.94. The maximum atomic E-state index is 12.5. The number of carbonyl (C=O) groups is 3. The number of ether oxygens (including phenoxy) is 1. The number of hydrogen-bond acceptors (Lipinski definition) is 5.